The molecule has 1 saturated carbocycles. The molecule has 0 atom stereocenters. The fourth-order valence-electron chi connectivity index (χ4n) is 3.02. The van der Waals surface area contributed by atoms with Crippen molar-refractivity contribution in [3.05, 3.63) is 42.1 Å². The molecule has 2 N–H and O–H groups in total. The van der Waals surface area contributed by atoms with Crippen LogP contribution in [0.5, 0.6) is 11.6 Å². The van der Waals surface area contributed by atoms with Crippen LogP contribution in [-0.2, 0) is 6.54 Å². The lowest BCUT2D eigenvalue weighted by atomic mass is 9.86. The van der Waals surface area contributed by atoms with E-state index in [1.54, 1.807) is 13.3 Å². The predicted molar refractivity (Wildman–Crippen MR) is 96.9 cm³/mol. The van der Waals surface area contributed by atoms with Crippen LogP contribution >= 0.6 is 0 Å². The lowest BCUT2D eigenvalue weighted by Gasteiger charge is -2.24. The van der Waals surface area contributed by atoms with Gasteiger partial charge in [-0.2, -0.15) is 0 Å². The highest BCUT2D eigenvalue weighted by Gasteiger charge is 2.20. The molecule has 0 amide bonds. The minimum atomic E-state index is 0.615. The summed E-state index contributed by atoms with van der Waals surface area (Å²) in [7, 11) is 1.66. The van der Waals surface area contributed by atoms with Gasteiger partial charge in [-0.15, -0.1) is 5.10 Å². The maximum absolute atomic E-state index is 5.99. The van der Waals surface area contributed by atoms with E-state index in [0.717, 1.165) is 22.3 Å². The van der Waals surface area contributed by atoms with E-state index in [1.165, 1.54) is 19.3 Å². The van der Waals surface area contributed by atoms with Crippen molar-refractivity contribution in [2.45, 2.75) is 25.8 Å². The fraction of sp³-hybridized carbons (Fsp3) is 0.368. The highest BCUT2D eigenvalue weighted by molar-refractivity contribution is 5.83. The quantitative estimate of drug-likeness (QED) is 0.747. The lowest BCUT2D eigenvalue weighted by molar-refractivity contribution is 0.176. The summed E-state index contributed by atoms with van der Waals surface area (Å²) in [6.45, 7) is 1.33. The number of hydrogen-bond acceptors (Lipinski definition) is 5. The first kappa shape index (κ1) is 15.7. The smallest absolute Gasteiger partial charge is 0.242 e. The Morgan fingerprint density at radius 1 is 1.24 bits per heavy atom. The van der Waals surface area contributed by atoms with Crippen LogP contribution in [0.15, 0.2) is 36.5 Å². The Morgan fingerprint density at radius 2 is 2.04 bits per heavy atom. The van der Waals surface area contributed by atoms with E-state index in [0.29, 0.717) is 30.6 Å². The molecular formula is C19H22N4O2. The topological polar surface area (TPSA) is 75.2 Å². The number of fused-ring (bicyclic) bond motifs is 1. The number of benzene rings is 1. The van der Waals surface area contributed by atoms with Crippen LogP contribution in [0.25, 0.3) is 11.0 Å². The van der Waals surface area contributed by atoms with Gasteiger partial charge in [0.15, 0.2) is 5.65 Å². The van der Waals surface area contributed by atoms with Crippen LogP contribution in [0.2, 0.25) is 0 Å². The minimum absolute atomic E-state index is 0.615. The third kappa shape index (κ3) is 3.24. The molecule has 1 aromatic carbocycles. The highest BCUT2D eigenvalue weighted by atomic mass is 16.5. The van der Waals surface area contributed by atoms with Crippen LogP contribution in [0.1, 0.15) is 24.8 Å². The van der Waals surface area contributed by atoms with Crippen LogP contribution in [0.3, 0.4) is 0 Å². The van der Waals surface area contributed by atoms with Gasteiger partial charge >= 0.3 is 0 Å². The largest absolute Gasteiger partial charge is 0.497 e. The van der Waals surface area contributed by atoms with Gasteiger partial charge in [0.05, 0.1) is 37.5 Å². The van der Waals surface area contributed by atoms with Crippen molar-refractivity contribution in [2.24, 2.45) is 5.92 Å². The molecule has 0 aliphatic heterocycles. The van der Waals surface area contributed by atoms with Gasteiger partial charge in [-0.1, -0.05) is 18.6 Å². The van der Waals surface area contributed by atoms with Gasteiger partial charge in [-0.05, 0) is 42.5 Å². The summed E-state index contributed by atoms with van der Waals surface area (Å²) in [5.74, 6) is 2.11. The molecule has 0 radical (unpaired) electrons. The van der Waals surface area contributed by atoms with Crippen molar-refractivity contribution in [2.75, 3.05) is 19.5 Å². The summed E-state index contributed by atoms with van der Waals surface area (Å²) in [4.78, 5) is 4.46. The van der Waals surface area contributed by atoms with E-state index in [2.05, 4.69) is 10.1 Å². The molecule has 130 valence electrons. The third-order valence-corrected chi connectivity index (χ3v) is 4.75. The Labute approximate surface area is 146 Å². The predicted octanol–water partition coefficient (Wildman–Crippen LogP) is 3.25. The SMILES string of the molecule is COc1ccc(Cn2nc(OCC3CCC3)c3cc(N)cnc32)cc1. The van der Waals surface area contributed by atoms with Crippen molar-refractivity contribution in [3.63, 3.8) is 0 Å². The summed E-state index contributed by atoms with van der Waals surface area (Å²) >= 11 is 0. The second-order valence-electron chi connectivity index (χ2n) is 6.56. The number of rotatable bonds is 6. The van der Waals surface area contributed by atoms with Crippen LogP contribution < -0.4 is 15.2 Å². The monoisotopic (exact) mass is 338 g/mol. The Morgan fingerprint density at radius 3 is 2.72 bits per heavy atom. The van der Waals surface area contributed by atoms with Crippen molar-refractivity contribution in [1.29, 1.82) is 0 Å². The number of ether oxygens (including phenoxy) is 2. The van der Waals surface area contributed by atoms with E-state index in [9.17, 15) is 0 Å². The second-order valence-corrected chi connectivity index (χ2v) is 6.56. The van der Waals surface area contributed by atoms with Crippen LogP contribution in [0.4, 0.5) is 5.69 Å². The lowest BCUT2D eigenvalue weighted by Crippen LogP contribution is -2.19. The maximum Gasteiger partial charge on any atom is 0.242 e. The fourth-order valence-corrected chi connectivity index (χ4v) is 3.02. The average molecular weight is 338 g/mol. The van der Waals surface area contributed by atoms with Gasteiger partial charge in [-0.3, -0.25) is 0 Å². The molecule has 1 aliphatic rings. The van der Waals surface area contributed by atoms with Gasteiger partial charge in [-0.25, -0.2) is 9.67 Å². The van der Waals surface area contributed by atoms with Crippen LogP contribution in [-0.4, -0.2) is 28.5 Å². The van der Waals surface area contributed by atoms with Gasteiger partial charge < -0.3 is 15.2 Å². The number of nitrogens with two attached hydrogens (primary N) is 1. The van der Waals surface area contributed by atoms with E-state index in [-0.39, 0.29) is 0 Å². The van der Waals surface area contributed by atoms with Gasteiger partial charge in [0.1, 0.15) is 5.75 Å². The first-order chi connectivity index (χ1) is 12.2. The van der Waals surface area contributed by atoms with E-state index in [4.69, 9.17) is 15.2 Å². The Hall–Kier alpha value is -2.76. The molecule has 6 heteroatoms. The van der Waals surface area contributed by atoms with Gasteiger partial charge in [0.25, 0.3) is 0 Å². The molecule has 0 saturated heterocycles. The zero-order chi connectivity index (χ0) is 17.2. The van der Waals surface area contributed by atoms with Crippen molar-refractivity contribution in [3.8, 4) is 11.6 Å². The number of hydrogen-bond donors (Lipinski definition) is 1. The van der Waals surface area contributed by atoms with Gasteiger partial charge in [0.2, 0.25) is 5.88 Å². The molecule has 2 heterocycles. The van der Waals surface area contributed by atoms with Crippen molar-refractivity contribution < 1.29 is 9.47 Å². The number of nitrogens with zero attached hydrogens (tertiary/aromatic N) is 3. The number of anilines is 1. The summed E-state index contributed by atoms with van der Waals surface area (Å²) in [5.41, 5.74) is 8.43. The molecule has 2 aromatic heterocycles. The van der Waals surface area contributed by atoms with Crippen molar-refractivity contribution in [1.82, 2.24) is 14.8 Å². The number of aromatic nitrogens is 3. The molecule has 0 bridgehead atoms. The third-order valence-electron chi connectivity index (χ3n) is 4.75. The molecular weight excluding hydrogens is 316 g/mol. The number of methoxy groups -OCH3 is 1. The van der Waals surface area contributed by atoms with Gasteiger partial charge in [0, 0.05) is 0 Å². The molecule has 1 aliphatic carbocycles. The standard InChI is InChI=1S/C19H22N4O2/c1-24-16-7-5-13(6-8-16)11-23-18-17(9-15(20)10-21-18)19(22-23)25-12-14-3-2-4-14/h5-10,14H,2-4,11-12,20H2,1H3. The first-order valence-electron chi connectivity index (χ1n) is 8.60. The molecule has 3 aromatic rings. The summed E-state index contributed by atoms with van der Waals surface area (Å²) in [6.07, 6.45) is 5.44. The summed E-state index contributed by atoms with van der Waals surface area (Å²) in [6, 6.07) is 9.83. The van der Waals surface area contributed by atoms with Crippen LogP contribution in [0, 0.1) is 5.92 Å². The maximum atomic E-state index is 5.99. The molecule has 6 nitrogen and oxygen atoms in total. The van der Waals surface area contributed by atoms with Crippen molar-refractivity contribution >= 4 is 16.7 Å². The Bertz CT molecular complexity index is 869. The Kier molecular flexibility index (Phi) is 4.17. The first-order valence-corrected chi connectivity index (χ1v) is 8.60. The van der Waals surface area contributed by atoms with E-state index < -0.39 is 0 Å². The van der Waals surface area contributed by atoms with E-state index >= 15 is 0 Å². The highest BCUT2D eigenvalue weighted by Crippen LogP contribution is 2.30. The second kappa shape index (κ2) is 6.63. The molecule has 4 rings (SSSR count). The molecule has 25 heavy (non-hydrogen) atoms. The van der Waals surface area contributed by atoms with E-state index in [1.807, 2.05) is 35.0 Å². The zero-order valence-corrected chi connectivity index (χ0v) is 14.3. The minimum Gasteiger partial charge on any atom is -0.497 e. The average Bonchev–Trinajstić information content (AvgIpc) is 2.91. The summed E-state index contributed by atoms with van der Waals surface area (Å²) in [5, 5.41) is 5.51. The summed E-state index contributed by atoms with van der Waals surface area (Å²) < 4.78 is 13.1. The Balaban J connectivity index is 1.62. The molecule has 1 fully saturated rings. The molecule has 0 unspecified atom stereocenters. The number of nitrogen functional groups attached to an aromatic ring is 1. The zero-order valence-electron chi connectivity index (χ0n) is 14.3. The molecule has 0 spiro atoms. The number of pyridine rings is 1. The normalized spacial score (nSPS) is 14.4.